The number of hydrogen-bond donors (Lipinski definition) is 2. The van der Waals surface area contributed by atoms with Gasteiger partial charge in [0.2, 0.25) is 0 Å². The zero-order valence-corrected chi connectivity index (χ0v) is 15.6. The van der Waals surface area contributed by atoms with Crippen LogP contribution in [0.2, 0.25) is 0 Å². The molecule has 1 aliphatic rings. The average molecular weight is 348 g/mol. The zero-order valence-electron chi connectivity index (χ0n) is 14.8. The number of aliphatic imine (C=N–C) groups is 1. The van der Waals surface area contributed by atoms with Crippen molar-refractivity contribution in [3.05, 3.63) is 0 Å². The van der Waals surface area contributed by atoms with E-state index in [0.717, 1.165) is 25.5 Å². The van der Waals surface area contributed by atoms with Crippen molar-refractivity contribution < 1.29 is 13.2 Å². The van der Waals surface area contributed by atoms with Crippen LogP contribution in [0.1, 0.15) is 52.4 Å². The molecule has 1 aliphatic carbocycles. The second kappa shape index (κ2) is 10.9. The van der Waals surface area contributed by atoms with Gasteiger partial charge in [0, 0.05) is 32.0 Å². The topological polar surface area (TPSA) is 79.8 Å². The van der Waals surface area contributed by atoms with Gasteiger partial charge in [0.15, 0.2) is 5.96 Å². The molecule has 0 heterocycles. The Labute approximate surface area is 141 Å². The minimum Gasteiger partial charge on any atom is -0.378 e. The Morgan fingerprint density at radius 2 is 2.04 bits per heavy atom. The molecule has 0 saturated heterocycles. The van der Waals surface area contributed by atoms with Crippen LogP contribution in [-0.4, -0.2) is 58.2 Å². The predicted octanol–water partition coefficient (Wildman–Crippen LogP) is 1.71. The van der Waals surface area contributed by atoms with Crippen molar-refractivity contribution in [1.29, 1.82) is 0 Å². The molecule has 0 aromatic heterocycles. The summed E-state index contributed by atoms with van der Waals surface area (Å²) in [5.74, 6) is 0.935. The molecule has 1 fully saturated rings. The first-order valence-corrected chi connectivity index (χ1v) is 10.8. The van der Waals surface area contributed by atoms with Crippen LogP contribution in [0.4, 0.5) is 0 Å². The summed E-state index contributed by atoms with van der Waals surface area (Å²) in [6.45, 7) is 6.24. The quantitative estimate of drug-likeness (QED) is 0.357. The van der Waals surface area contributed by atoms with Crippen LogP contribution in [0, 0.1) is 0 Å². The SMILES string of the molecule is CCNC(=NCCCOC1CCCC1)NC(C)CCS(C)(=O)=O. The van der Waals surface area contributed by atoms with E-state index in [1.54, 1.807) is 0 Å². The maximum Gasteiger partial charge on any atom is 0.191 e. The van der Waals surface area contributed by atoms with Gasteiger partial charge in [-0.15, -0.1) is 0 Å². The standard InChI is InChI=1S/C16H33N3O3S/c1-4-17-16(19-14(2)10-13-23(3,20)21)18-11-7-12-22-15-8-5-6-9-15/h14-15H,4-13H2,1-3H3,(H2,17,18,19). The molecule has 0 aromatic carbocycles. The number of ether oxygens (including phenoxy) is 1. The van der Waals surface area contributed by atoms with Crippen molar-refractivity contribution in [2.45, 2.75) is 64.5 Å². The van der Waals surface area contributed by atoms with Gasteiger partial charge in [0.05, 0.1) is 11.9 Å². The highest BCUT2D eigenvalue weighted by Crippen LogP contribution is 2.20. The highest BCUT2D eigenvalue weighted by molar-refractivity contribution is 7.90. The third kappa shape index (κ3) is 10.5. The van der Waals surface area contributed by atoms with Crippen LogP contribution in [0.3, 0.4) is 0 Å². The van der Waals surface area contributed by atoms with Crippen LogP contribution in [0.15, 0.2) is 4.99 Å². The number of rotatable bonds is 10. The summed E-state index contributed by atoms with van der Waals surface area (Å²) in [7, 11) is -2.92. The maximum atomic E-state index is 11.2. The minimum atomic E-state index is -2.92. The second-order valence-electron chi connectivity index (χ2n) is 6.36. The van der Waals surface area contributed by atoms with Crippen LogP contribution >= 0.6 is 0 Å². The van der Waals surface area contributed by atoms with Crippen molar-refractivity contribution in [3.8, 4) is 0 Å². The van der Waals surface area contributed by atoms with Gasteiger partial charge >= 0.3 is 0 Å². The third-order valence-electron chi connectivity index (χ3n) is 3.88. The van der Waals surface area contributed by atoms with E-state index in [2.05, 4.69) is 15.6 Å². The van der Waals surface area contributed by atoms with Gasteiger partial charge < -0.3 is 15.4 Å². The Balaban J connectivity index is 2.25. The molecule has 7 heteroatoms. The molecule has 0 radical (unpaired) electrons. The highest BCUT2D eigenvalue weighted by Gasteiger charge is 2.14. The molecule has 0 aliphatic heterocycles. The second-order valence-corrected chi connectivity index (χ2v) is 8.62. The normalized spacial score (nSPS) is 18.1. The number of sulfone groups is 1. The lowest BCUT2D eigenvalue weighted by atomic mass is 10.3. The van der Waals surface area contributed by atoms with E-state index >= 15 is 0 Å². The maximum absolute atomic E-state index is 11.2. The van der Waals surface area contributed by atoms with E-state index in [9.17, 15) is 8.42 Å². The summed E-state index contributed by atoms with van der Waals surface area (Å²) >= 11 is 0. The summed E-state index contributed by atoms with van der Waals surface area (Å²) in [6, 6.07) is 0.0669. The molecule has 0 amide bonds. The van der Waals surface area contributed by atoms with Gasteiger partial charge in [-0.25, -0.2) is 8.42 Å². The fourth-order valence-corrected chi connectivity index (χ4v) is 3.36. The van der Waals surface area contributed by atoms with Crippen molar-refractivity contribution >= 4 is 15.8 Å². The van der Waals surface area contributed by atoms with Gasteiger partial charge in [-0.05, 0) is 39.5 Å². The molecular formula is C16H33N3O3S. The van der Waals surface area contributed by atoms with Crippen LogP contribution in [-0.2, 0) is 14.6 Å². The Morgan fingerprint density at radius 1 is 1.35 bits per heavy atom. The fraction of sp³-hybridized carbons (Fsp3) is 0.938. The van der Waals surface area contributed by atoms with Crippen molar-refractivity contribution in [2.75, 3.05) is 31.7 Å². The lowest BCUT2D eigenvalue weighted by Crippen LogP contribution is -2.43. The summed E-state index contributed by atoms with van der Waals surface area (Å²) in [5, 5.41) is 6.45. The average Bonchev–Trinajstić information content (AvgIpc) is 2.97. The Bertz CT molecular complexity index is 445. The molecule has 1 unspecified atom stereocenters. The zero-order chi connectivity index (χ0) is 17.1. The van der Waals surface area contributed by atoms with E-state index in [-0.39, 0.29) is 11.8 Å². The van der Waals surface area contributed by atoms with Crippen molar-refractivity contribution in [1.82, 2.24) is 10.6 Å². The molecule has 1 atom stereocenters. The smallest absolute Gasteiger partial charge is 0.191 e. The lowest BCUT2D eigenvalue weighted by molar-refractivity contribution is 0.0579. The molecule has 2 N–H and O–H groups in total. The Kier molecular flexibility index (Phi) is 9.55. The summed E-state index contributed by atoms with van der Waals surface area (Å²) in [6.07, 6.45) is 8.20. The molecule has 1 rings (SSSR count). The molecule has 0 bridgehead atoms. The predicted molar refractivity (Wildman–Crippen MR) is 95.7 cm³/mol. The van der Waals surface area contributed by atoms with Crippen LogP contribution in [0.25, 0.3) is 0 Å². The lowest BCUT2D eigenvalue weighted by Gasteiger charge is -2.17. The van der Waals surface area contributed by atoms with Crippen molar-refractivity contribution in [2.24, 2.45) is 4.99 Å². The summed E-state index contributed by atoms with van der Waals surface area (Å²) in [5.41, 5.74) is 0. The van der Waals surface area contributed by atoms with E-state index in [4.69, 9.17) is 4.74 Å². The molecule has 0 spiro atoms. The van der Waals surface area contributed by atoms with E-state index in [0.29, 0.717) is 19.1 Å². The van der Waals surface area contributed by atoms with Gasteiger partial charge in [-0.1, -0.05) is 12.8 Å². The first-order valence-electron chi connectivity index (χ1n) is 8.75. The van der Waals surface area contributed by atoms with Gasteiger partial charge in [0.1, 0.15) is 9.84 Å². The van der Waals surface area contributed by atoms with Crippen LogP contribution < -0.4 is 10.6 Å². The van der Waals surface area contributed by atoms with E-state index in [1.807, 2.05) is 13.8 Å². The first-order chi connectivity index (χ1) is 10.9. The van der Waals surface area contributed by atoms with E-state index < -0.39 is 9.84 Å². The molecule has 0 aromatic rings. The number of nitrogens with one attached hydrogen (secondary N) is 2. The van der Waals surface area contributed by atoms with Crippen molar-refractivity contribution in [3.63, 3.8) is 0 Å². The number of guanidine groups is 1. The molecule has 136 valence electrons. The number of hydrogen-bond acceptors (Lipinski definition) is 4. The molecule has 6 nitrogen and oxygen atoms in total. The highest BCUT2D eigenvalue weighted by atomic mass is 32.2. The van der Waals surface area contributed by atoms with E-state index in [1.165, 1.54) is 31.9 Å². The Morgan fingerprint density at radius 3 is 2.65 bits per heavy atom. The minimum absolute atomic E-state index is 0.0669. The van der Waals surface area contributed by atoms with Gasteiger partial charge in [0.25, 0.3) is 0 Å². The fourth-order valence-electron chi connectivity index (χ4n) is 2.58. The molecule has 23 heavy (non-hydrogen) atoms. The van der Waals surface area contributed by atoms with Gasteiger partial charge in [-0.3, -0.25) is 4.99 Å². The first kappa shape index (κ1) is 20.2. The molecule has 1 saturated carbocycles. The van der Waals surface area contributed by atoms with Gasteiger partial charge in [-0.2, -0.15) is 0 Å². The molecular weight excluding hydrogens is 314 g/mol. The number of nitrogens with zero attached hydrogens (tertiary/aromatic N) is 1. The largest absolute Gasteiger partial charge is 0.378 e. The monoisotopic (exact) mass is 347 g/mol. The Hall–Kier alpha value is -0.820. The third-order valence-corrected chi connectivity index (χ3v) is 4.85. The van der Waals surface area contributed by atoms with Crippen LogP contribution in [0.5, 0.6) is 0 Å². The summed E-state index contributed by atoms with van der Waals surface area (Å²) < 4.78 is 28.3. The summed E-state index contributed by atoms with van der Waals surface area (Å²) in [4.78, 5) is 4.53.